The zero-order chi connectivity index (χ0) is 14.0. The first-order chi connectivity index (χ1) is 8.91. The quantitative estimate of drug-likeness (QED) is 0.850. The number of aliphatic hydroxyl groups is 1. The van der Waals surface area contributed by atoms with Crippen molar-refractivity contribution < 1.29 is 18.3 Å². The predicted octanol–water partition coefficient (Wildman–Crippen LogP) is 3.91. The van der Waals surface area contributed by atoms with Gasteiger partial charge in [0.15, 0.2) is 0 Å². The summed E-state index contributed by atoms with van der Waals surface area (Å²) >= 11 is 5.70. The Hall–Kier alpha value is -1.59. The second kappa shape index (κ2) is 5.19. The van der Waals surface area contributed by atoms with Crippen LogP contribution >= 0.6 is 11.6 Å². The lowest BCUT2D eigenvalue weighted by atomic mass is 10.0. The van der Waals surface area contributed by atoms with E-state index in [0.29, 0.717) is 16.7 Å². The molecule has 1 N–H and O–H groups in total. The first-order valence-corrected chi connectivity index (χ1v) is 5.72. The Labute approximate surface area is 112 Å². The van der Waals surface area contributed by atoms with E-state index in [1.165, 1.54) is 24.4 Å². The molecule has 0 radical (unpaired) electrons. The van der Waals surface area contributed by atoms with E-state index in [1.54, 1.807) is 0 Å². The average molecular weight is 288 g/mol. The van der Waals surface area contributed by atoms with E-state index < -0.39 is 11.7 Å². The molecule has 100 valence electrons. The van der Waals surface area contributed by atoms with Gasteiger partial charge in [-0.15, -0.1) is 0 Å². The molecule has 2 rings (SSSR count). The SMILES string of the molecule is OCc1cc(Cl)ncc1-c1ccc(C(F)(F)F)cc1. The molecule has 19 heavy (non-hydrogen) atoms. The molecule has 2 nitrogen and oxygen atoms in total. The van der Waals surface area contributed by atoms with Gasteiger partial charge in [0, 0.05) is 11.8 Å². The van der Waals surface area contributed by atoms with Gasteiger partial charge in [0.2, 0.25) is 0 Å². The number of aliphatic hydroxyl groups excluding tert-OH is 1. The van der Waals surface area contributed by atoms with Gasteiger partial charge in [-0.05, 0) is 29.3 Å². The van der Waals surface area contributed by atoms with Crippen molar-refractivity contribution in [2.45, 2.75) is 12.8 Å². The fourth-order valence-electron chi connectivity index (χ4n) is 1.70. The van der Waals surface area contributed by atoms with E-state index in [4.69, 9.17) is 11.6 Å². The smallest absolute Gasteiger partial charge is 0.392 e. The Morgan fingerprint density at radius 3 is 2.32 bits per heavy atom. The summed E-state index contributed by atoms with van der Waals surface area (Å²) in [5.74, 6) is 0. The van der Waals surface area contributed by atoms with Gasteiger partial charge in [-0.2, -0.15) is 13.2 Å². The van der Waals surface area contributed by atoms with Crippen molar-refractivity contribution in [1.29, 1.82) is 0 Å². The topological polar surface area (TPSA) is 33.1 Å². The molecule has 0 spiro atoms. The Morgan fingerprint density at radius 1 is 1.16 bits per heavy atom. The highest BCUT2D eigenvalue weighted by atomic mass is 35.5. The van der Waals surface area contributed by atoms with Crippen molar-refractivity contribution in [2.24, 2.45) is 0 Å². The van der Waals surface area contributed by atoms with Crippen LogP contribution in [0.5, 0.6) is 0 Å². The molecule has 1 heterocycles. The molecule has 0 amide bonds. The summed E-state index contributed by atoms with van der Waals surface area (Å²) in [7, 11) is 0. The van der Waals surface area contributed by atoms with Gasteiger partial charge in [0.05, 0.1) is 12.2 Å². The maximum Gasteiger partial charge on any atom is 0.416 e. The fourth-order valence-corrected chi connectivity index (χ4v) is 1.88. The lowest BCUT2D eigenvalue weighted by Crippen LogP contribution is -2.04. The van der Waals surface area contributed by atoms with Crippen molar-refractivity contribution in [3.8, 4) is 11.1 Å². The largest absolute Gasteiger partial charge is 0.416 e. The monoisotopic (exact) mass is 287 g/mol. The summed E-state index contributed by atoms with van der Waals surface area (Å²) in [6.45, 7) is -0.265. The van der Waals surface area contributed by atoms with Crippen LogP contribution in [0.15, 0.2) is 36.5 Å². The molecule has 0 aliphatic carbocycles. The third-order valence-corrected chi connectivity index (χ3v) is 2.86. The van der Waals surface area contributed by atoms with E-state index >= 15 is 0 Å². The molecule has 2 aromatic rings. The summed E-state index contributed by atoms with van der Waals surface area (Å²) in [5, 5.41) is 9.44. The van der Waals surface area contributed by atoms with Crippen LogP contribution in [0.3, 0.4) is 0 Å². The van der Waals surface area contributed by atoms with Crippen LogP contribution < -0.4 is 0 Å². The highest BCUT2D eigenvalue weighted by Crippen LogP contribution is 2.32. The fraction of sp³-hybridized carbons (Fsp3) is 0.154. The molecule has 1 aromatic heterocycles. The number of alkyl halides is 3. The minimum absolute atomic E-state index is 0.222. The van der Waals surface area contributed by atoms with Crippen LogP contribution in [0.2, 0.25) is 5.15 Å². The van der Waals surface area contributed by atoms with Gasteiger partial charge in [0.25, 0.3) is 0 Å². The summed E-state index contributed by atoms with van der Waals surface area (Å²) in [6, 6.07) is 6.14. The summed E-state index contributed by atoms with van der Waals surface area (Å²) in [6.07, 6.45) is -2.94. The molecule has 0 atom stereocenters. The highest BCUT2D eigenvalue weighted by Gasteiger charge is 2.30. The van der Waals surface area contributed by atoms with Crippen LogP contribution in [0, 0.1) is 0 Å². The van der Waals surface area contributed by atoms with Crippen LogP contribution in [-0.2, 0) is 12.8 Å². The lowest BCUT2D eigenvalue weighted by molar-refractivity contribution is -0.137. The summed E-state index contributed by atoms with van der Waals surface area (Å²) in [5.41, 5.74) is 0.894. The molecule has 0 unspecified atom stereocenters. The van der Waals surface area contributed by atoms with Gasteiger partial charge < -0.3 is 5.11 Å². The number of nitrogens with zero attached hydrogens (tertiary/aromatic N) is 1. The van der Waals surface area contributed by atoms with Crippen LogP contribution in [0.4, 0.5) is 13.2 Å². The number of hydrogen-bond acceptors (Lipinski definition) is 2. The van der Waals surface area contributed by atoms with Crippen molar-refractivity contribution in [3.63, 3.8) is 0 Å². The first-order valence-electron chi connectivity index (χ1n) is 5.34. The van der Waals surface area contributed by atoms with Crippen LogP contribution in [-0.4, -0.2) is 10.1 Å². The molecule has 0 saturated carbocycles. The average Bonchev–Trinajstić information content (AvgIpc) is 2.37. The van der Waals surface area contributed by atoms with Crippen molar-refractivity contribution in [2.75, 3.05) is 0 Å². The van der Waals surface area contributed by atoms with E-state index in [2.05, 4.69) is 4.98 Å². The van der Waals surface area contributed by atoms with Crippen molar-refractivity contribution in [1.82, 2.24) is 4.98 Å². The zero-order valence-corrected chi connectivity index (χ0v) is 10.3. The van der Waals surface area contributed by atoms with Crippen LogP contribution in [0.25, 0.3) is 11.1 Å². The van der Waals surface area contributed by atoms with Gasteiger partial charge in [0.1, 0.15) is 5.15 Å². The van der Waals surface area contributed by atoms with Gasteiger partial charge in [-0.1, -0.05) is 23.7 Å². The number of pyridine rings is 1. The van der Waals surface area contributed by atoms with E-state index in [0.717, 1.165) is 12.1 Å². The van der Waals surface area contributed by atoms with Crippen molar-refractivity contribution >= 4 is 11.6 Å². The third-order valence-electron chi connectivity index (χ3n) is 2.65. The molecule has 0 aliphatic heterocycles. The molecule has 1 aromatic carbocycles. The maximum absolute atomic E-state index is 12.5. The first kappa shape index (κ1) is 13.8. The standard InChI is InChI=1S/C13H9ClF3NO/c14-12-5-9(7-19)11(6-18-12)8-1-3-10(4-2-8)13(15,16)17/h1-6,19H,7H2. The van der Waals surface area contributed by atoms with Gasteiger partial charge in [-0.25, -0.2) is 4.98 Å². The predicted molar refractivity (Wildman–Crippen MR) is 65.6 cm³/mol. The molecular weight excluding hydrogens is 279 g/mol. The number of benzene rings is 1. The van der Waals surface area contributed by atoms with Gasteiger partial charge >= 0.3 is 6.18 Å². The molecule has 0 saturated heterocycles. The molecule has 0 fully saturated rings. The van der Waals surface area contributed by atoms with E-state index in [-0.39, 0.29) is 11.8 Å². The second-order valence-corrected chi connectivity index (χ2v) is 4.28. The molecule has 0 bridgehead atoms. The zero-order valence-electron chi connectivity index (χ0n) is 9.58. The Bertz CT molecular complexity index is 581. The third kappa shape index (κ3) is 3.05. The number of halogens is 4. The Morgan fingerprint density at radius 2 is 1.79 bits per heavy atom. The highest BCUT2D eigenvalue weighted by molar-refractivity contribution is 6.29. The number of rotatable bonds is 2. The Balaban J connectivity index is 2.43. The maximum atomic E-state index is 12.5. The lowest BCUT2D eigenvalue weighted by Gasteiger charge is -2.10. The minimum Gasteiger partial charge on any atom is -0.392 e. The molecule has 6 heteroatoms. The number of aromatic nitrogens is 1. The second-order valence-electron chi connectivity index (χ2n) is 3.90. The van der Waals surface area contributed by atoms with Gasteiger partial charge in [-0.3, -0.25) is 0 Å². The molecular formula is C13H9ClF3NO. The molecule has 0 aliphatic rings. The Kier molecular flexibility index (Phi) is 3.78. The van der Waals surface area contributed by atoms with E-state index in [9.17, 15) is 18.3 Å². The van der Waals surface area contributed by atoms with Crippen molar-refractivity contribution in [3.05, 3.63) is 52.8 Å². The number of hydrogen-bond donors (Lipinski definition) is 1. The normalized spacial score (nSPS) is 11.6. The minimum atomic E-state index is -4.36. The summed E-state index contributed by atoms with van der Waals surface area (Å²) < 4.78 is 37.4. The van der Waals surface area contributed by atoms with Crippen LogP contribution in [0.1, 0.15) is 11.1 Å². The summed E-state index contributed by atoms with van der Waals surface area (Å²) in [4.78, 5) is 3.87. The van der Waals surface area contributed by atoms with E-state index in [1.807, 2.05) is 0 Å².